The molecule has 2 saturated heterocycles. The highest BCUT2D eigenvalue weighted by Crippen LogP contribution is 2.39. The maximum Gasteiger partial charge on any atom is 0.416 e. The Labute approximate surface area is 185 Å². The van der Waals surface area contributed by atoms with Crippen LogP contribution in [-0.2, 0) is 26.9 Å². The number of fused-ring (bicyclic) bond motifs is 3. The first-order valence-electron chi connectivity index (χ1n) is 11.1. The number of alkyl halides is 3. The first kappa shape index (κ1) is 22.8. The van der Waals surface area contributed by atoms with Gasteiger partial charge in [-0.2, -0.15) is 13.2 Å². The maximum atomic E-state index is 13.3. The Kier molecular flexibility index (Phi) is 6.62. The molecule has 3 aliphatic rings. The summed E-state index contributed by atoms with van der Waals surface area (Å²) in [4.78, 5) is 31.5. The fraction of sp³-hybridized carbons (Fsp3) is 0.636. The van der Waals surface area contributed by atoms with Gasteiger partial charge in [0.25, 0.3) is 0 Å². The monoisotopic (exact) mass is 454 g/mol. The van der Waals surface area contributed by atoms with Crippen LogP contribution < -0.4 is 10.2 Å². The second kappa shape index (κ2) is 9.27. The summed E-state index contributed by atoms with van der Waals surface area (Å²) in [5, 5.41) is 2.84. The SMILES string of the molecule is CCNC(=O)[C@H]1Cc2cc(C(F)(F)F)ccc2N2CCN(CC(=O)N3CCOCC3)C[C@H]12. The highest BCUT2D eigenvalue weighted by atomic mass is 19.4. The van der Waals surface area contributed by atoms with Gasteiger partial charge in [-0.3, -0.25) is 14.5 Å². The normalized spacial score (nSPS) is 24.0. The number of nitrogens with zero attached hydrogens (tertiary/aromatic N) is 3. The number of nitrogens with one attached hydrogen (secondary N) is 1. The van der Waals surface area contributed by atoms with Gasteiger partial charge in [0, 0.05) is 45.0 Å². The molecule has 0 aromatic heterocycles. The molecule has 0 saturated carbocycles. The minimum absolute atomic E-state index is 0.0438. The van der Waals surface area contributed by atoms with Crippen molar-refractivity contribution in [2.24, 2.45) is 5.92 Å². The Bertz CT molecular complexity index is 857. The number of carbonyl (C=O) groups is 2. The van der Waals surface area contributed by atoms with E-state index in [0.717, 1.165) is 11.8 Å². The third kappa shape index (κ3) is 4.71. The van der Waals surface area contributed by atoms with E-state index >= 15 is 0 Å². The number of anilines is 1. The first-order chi connectivity index (χ1) is 15.3. The second-order valence-electron chi connectivity index (χ2n) is 8.54. The molecule has 1 aromatic carbocycles. The molecule has 10 heteroatoms. The summed E-state index contributed by atoms with van der Waals surface area (Å²) < 4.78 is 45.1. The molecule has 3 aliphatic heterocycles. The number of hydrogen-bond acceptors (Lipinski definition) is 5. The van der Waals surface area contributed by atoms with Crippen molar-refractivity contribution in [1.29, 1.82) is 0 Å². The molecule has 0 radical (unpaired) electrons. The van der Waals surface area contributed by atoms with Crippen LogP contribution in [0.1, 0.15) is 18.1 Å². The zero-order chi connectivity index (χ0) is 22.9. The standard InChI is InChI=1S/C22H29F3N4O3/c1-2-26-21(31)17-12-15-11-16(22(23,24)25)3-4-18(15)29-6-5-27(13-19(17)29)14-20(30)28-7-9-32-10-8-28/h3-4,11,17,19H,2,5-10,12-14H2,1H3,(H,26,31)/t17-,19+/m0/s1. The Morgan fingerprint density at radius 2 is 1.91 bits per heavy atom. The van der Waals surface area contributed by atoms with E-state index in [1.54, 1.807) is 4.90 Å². The Hall–Kier alpha value is -2.33. The minimum atomic E-state index is -4.42. The molecule has 176 valence electrons. The molecule has 1 aromatic rings. The third-order valence-corrected chi connectivity index (χ3v) is 6.53. The van der Waals surface area contributed by atoms with Gasteiger partial charge in [0.1, 0.15) is 0 Å². The van der Waals surface area contributed by atoms with E-state index in [-0.39, 0.29) is 30.8 Å². The lowest BCUT2D eigenvalue weighted by molar-refractivity contribution is -0.138. The second-order valence-corrected chi connectivity index (χ2v) is 8.54. The average molecular weight is 454 g/mol. The van der Waals surface area contributed by atoms with E-state index in [2.05, 4.69) is 15.1 Å². The fourth-order valence-corrected chi connectivity index (χ4v) is 4.91. The van der Waals surface area contributed by atoms with Crippen molar-refractivity contribution in [3.05, 3.63) is 29.3 Å². The molecular weight excluding hydrogens is 425 g/mol. The van der Waals surface area contributed by atoms with E-state index < -0.39 is 17.7 Å². The highest BCUT2D eigenvalue weighted by molar-refractivity contribution is 5.82. The van der Waals surface area contributed by atoms with Crippen LogP contribution in [0.2, 0.25) is 0 Å². The van der Waals surface area contributed by atoms with E-state index in [1.165, 1.54) is 12.1 Å². The van der Waals surface area contributed by atoms with E-state index in [0.29, 0.717) is 58.0 Å². The molecule has 4 rings (SSSR count). The lowest BCUT2D eigenvalue weighted by Crippen LogP contribution is -2.62. The molecule has 7 nitrogen and oxygen atoms in total. The number of carbonyl (C=O) groups excluding carboxylic acids is 2. The highest BCUT2D eigenvalue weighted by Gasteiger charge is 2.43. The van der Waals surface area contributed by atoms with Gasteiger partial charge in [0.15, 0.2) is 0 Å². The molecule has 0 aliphatic carbocycles. The molecule has 0 unspecified atom stereocenters. The summed E-state index contributed by atoms with van der Waals surface area (Å²) in [6, 6.07) is 3.60. The maximum absolute atomic E-state index is 13.3. The average Bonchev–Trinajstić information content (AvgIpc) is 2.78. The van der Waals surface area contributed by atoms with Crippen LogP contribution in [0.5, 0.6) is 0 Å². The predicted molar refractivity (Wildman–Crippen MR) is 112 cm³/mol. The van der Waals surface area contributed by atoms with Crippen molar-refractivity contribution >= 4 is 17.5 Å². The predicted octanol–water partition coefficient (Wildman–Crippen LogP) is 1.36. The fourth-order valence-electron chi connectivity index (χ4n) is 4.91. The summed E-state index contributed by atoms with van der Waals surface area (Å²) in [6.07, 6.45) is -4.18. The van der Waals surface area contributed by atoms with Gasteiger partial charge in [0.05, 0.1) is 37.3 Å². The van der Waals surface area contributed by atoms with Crippen LogP contribution in [0.4, 0.5) is 18.9 Å². The van der Waals surface area contributed by atoms with Crippen LogP contribution in [-0.4, -0.2) is 86.7 Å². The number of ether oxygens (including phenoxy) is 1. The quantitative estimate of drug-likeness (QED) is 0.745. The number of amides is 2. The summed E-state index contributed by atoms with van der Waals surface area (Å²) >= 11 is 0. The van der Waals surface area contributed by atoms with E-state index in [1.807, 2.05) is 6.92 Å². The molecular formula is C22H29F3N4O3. The molecule has 0 spiro atoms. The molecule has 1 N–H and O–H groups in total. The number of rotatable bonds is 4. The summed E-state index contributed by atoms with van der Waals surface area (Å²) in [7, 11) is 0. The summed E-state index contributed by atoms with van der Waals surface area (Å²) in [5.41, 5.74) is 0.604. The van der Waals surface area contributed by atoms with Crippen LogP contribution in [0.25, 0.3) is 0 Å². The van der Waals surface area contributed by atoms with E-state index in [9.17, 15) is 22.8 Å². The Balaban J connectivity index is 1.54. The van der Waals surface area contributed by atoms with Gasteiger partial charge in [-0.05, 0) is 37.1 Å². The van der Waals surface area contributed by atoms with Gasteiger partial charge in [-0.1, -0.05) is 0 Å². The van der Waals surface area contributed by atoms with Crippen LogP contribution in [0.3, 0.4) is 0 Å². The minimum Gasteiger partial charge on any atom is -0.378 e. The third-order valence-electron chi connectivity index (χ3n) is 6.53. The number of morpholine rings is 1. The summed E-state index contributed by atoms with van der Waals surface area (Å²) in [6.45, 7) is 6.46. The smallest absolute Gasteiger partial charge is 0.378 e. The largest absolute Gasteiger partial charge is 0.416 e. The zero-order valence-electron chi connectivity index (χ0n) is 18.2. The number of halogens is 3. The Morgan fingerprint density at radius 3 is 2.59 bits per heavy atom. The number of hydrogen-bond donors (Lipinski definition) is 1. The van der Waals surface area contributed by atoms with Crippen LogP contribution >= 0.6 is 0 Å². The van der Waals surface area contributed by atoms with Crippen molar-refractivity contribution in [2.75, 3.05) is 63.9 Å². The van der Waals surface area contributed by atoms with Gasteiger partial charge in [-0.25, -0.2) is 0 Å². The number of benzene rings is 1. The van der Waals surface area contributed by atoms with Crippen molar-refractivity contribution in [3.63, 3.8) is 0 Å². The lowest BCUT2D eigenvalue weighted by atomic mass is 9.82. The molecule has 3 heterocycles. The summed E-state index contributed by atoms with van der Waals surface area (Å²) in [5.74, 6) is -0.596. The van der Waals surface area contributed by atoms with Gasteiger partial charge in [0.2, 0.25) is 11.8 Å². The van der Waals surface area contributed by atoms with Crippen molar-refractivity contribution in [2.45, 2.75) is 25.6 Å². The lowest BCUT2D eigenvalue weighted by Gasteiger charge is -2.49. The van der Waals surface area contributed by atoms with Gasteiger partial charge in [-0.15, -0.1) is 0 Å². The zero-order valence-corrected chi connectivity index (χ0v) is 18.2. The van der Waals surface area contributed by atoms with Gasteiger partial charge < -0.3 is 19.9 Å². The topological polar surface area (TPSA) is 65.1 Å². The van der Waals surface area contributed by atoms with Crippen molar-refractivity contribution < 1.29 is 27.5 Å². The molecule has 2 fully saturated rings. The van der Waals surface area contributed by atoms with Crippen molar-refractivity contribution in [3.8, 4) is 0 Å². The van der Waals surface area contributed by atoms with Crippen LogP contribution in [0.15, 0.2) is 18.2 Å². The van der Waals surface area contributed by atoms with E-state index in [4.69, 9.17) is 4.74 Å². The molecule has 2 atom stereocenters. The molecule has 0 bridgehead atoms. The molecule has 2 amide bonds. The Morgan fingerprint density at radius 1 is 1.16 bits per heavy atom. The number of piperazine rings is 1. The first-order valence-corrected chi connectivity index (χ1v) is 11.1. The van der Waals surface area contributed by atoms with Crippen LogP contribution in [0, 0.1) is 5.92 Å². The van der Waals surface area contributed by atoms with Crippen molar-refractivity contribution in [1.82, 2.24) is 15.1 Å². The van der Waals surface area contributed by atoms with Gasteiger partial charge >= 0.3 is 6.18 Å². The molecule has 32 heavy (non-hydrogen) atoms.